The van der Waals surface area contributed by atoms with Crippen LogP contribution in [0, 0.1) is 0 Å². The van der Waals surface area contributed by atoms with Crippen molar-refractivity contribution in [3.63, 3.8) is 0 Å². The van der Waals surface area contributed by atoms with Gasteiger partial charge in [-0.25, -0.2) is 0 Å². The molecular weight excluding hydrogens is 256 g/mol. The third-order valence-electron chi connectivity index (χ3n) is 3.10. The summed E-state index contributed by atoms with van der Waals surface area (Å²) in [6, 6.07) is 10.4. The standard InChI is InChI=1S/C15H14N2OS/c1-10(17-18-2)15-12(7-8-19-15)13-9-16-14-6-4-3-5-11(13)14/h3-9,16H,1-2H3/b17-10+. The van der Waals surface area contributed by atoms with Crippen molar-refractivity contribution in [3.8, 4) is 11.1 Å². The van der Waals surface area contributed by atoms with Gasteiger partial charge in [0.05, 0.1) is 10.6 Å². The molecule has 0 saturated heterocycles. The highest BCUT2D eigenvalue weighted by Crippen LogP contribution is 2.34. The number of para-hydroxylation sites is 1. The first-order valence-electron chi connectivity index (χ1n) is 6.03. The van der Waals surface area contributed by atoms with Gasteiger partial charge in [0, 0.05) is 28.2 Å². The highest BCUT2D eigenvalue weighted by molar-refractivity contribution is 7.12. The van der Waals surface area contributed by atoms with Crippen LogP contribution in [0.5, 0.6) is 0 Å². The molecule has 2 aromatic heterocycles. The second kappa shape index (κ2) is 4.90. The van der Waals surface area contributed by atoms with Gasteiger partial charge in [0.15, 0.2) is 0 Å². The van der Waals surface area contributed by atoms with Gasteiger partial charge in [0.25, 0.3) is 0 Å². The van der Waals surface area contributed by atoms with E-state index >= 15 is 0 Å². The topological polar surface area (TPSA) is 37.4 Å². The Hall–Kier alpha value is -2.07. The maximum Gasteiger partial charge on any atom is 0.106 e. The van der Waals surface area contributed by atoms with Crippen LogP contribution in [0.3, 0.4) is 0 Å². The van der Waals surface area contributed by atoms with E-state index in [1.54, 1.807) is 18.4 Å². The van der Waals surface area contributed by atoms with E-state index in [-0.39, 0.29) is 0 Å². The molecule has 96 valence electrons. The van der Waals surface area contributed by atoms with Crippen molar-refractivity contribution in [2.45, 2.75) is 6.92 Å². The summed E-state index contributed by atoms with van der Waals surface area (Å²) in [6.45, 7) is 1.97. The number of aromatic amines is 1. The molecule has 0 aliphatic carbocycles. The van der Waals surface area contributed by atoms with Gasteiger partial charge in [-0.1, -0.05) is 23.4 Å². The van der Waals surface area contributed by atoms with Gasteiger partial charge < -0.3 is 9.82 Å². The summed E-state index contributed by atoms with van der Waals surface area (Å²) in [7, 11) is 1.57. The third kappa shape index (κ3) is 2.04. The van der Waals surface area contributed by atoms with Crippen molar-refractivity contribution in [3.05, 3.63) is 46.8 Å². The highest BCUT2D eigenvalue weighted by Gasteiger charge is 2.13. The number of nitrogens with zero attached hydrogens (tertiary/aromatic N) is 1. The molecule has 3 rings (SSSR count). The van der Waals surface area contributed by atoms with Gasteiger partial charge in [-0.15, -0.1) is 11.3 Å². The van der Waals surface area contributed by atoms with Crippen LogP contribution < -0.4 is 0 Å². The molecule has 2 heterocycles. The third-order valence-corrected chi connectivity index (χ3v) is 4.12. The molecule has 3 nitrogen and oxygen atoms in total. The number of benzene rings is 1. The first-order chi connectivity index (χ1) is 9.31. The van der Waals surface area contributed by atoms with Crippen LogP contribution in [-0.4, -0.2) is 17.8 Å². The van der Waals surface area contributed by atoms with E-state index in [4.69, 9.17) is 4.84 Å². The van der Waals surface area contributed by atoms with Gasteiger partial charge in [-0.2, -0.15) is 0 Å². The van der Waals surface area contributed by atoms with E-state index in [1.165, 1.54) is 16.5 Å². The molecule has 0 aliphatic heterocycles. The van der Waals surface area contributed by atoms with Crippen molar-refractivity contribution in [2.24, 2.45) is 5.16 Å². The zero-order valence-corrected chi connectivity index (χ0v) is 11.6. The maximum absolute atomic E-state index is 4.87. The fourth-order valence-electron chi connectivity index (χ4n) is 2.27. The summed E-state index contributed by atoms with van der Waals surface area (Å²) >= 11 is 1.68. The number of hydrogen-bond donors (Lipinski definition) is 1. The van der Waals surface area contributed by atoms with Gasteiger partial charge in [-0.3, -0.25) is 0 Å². The van der Waals surface area contributed by atoms with Crippen LogP contribution in [-0.2, 0) is 4.84 Å². The van der Waals surface area contributed by atoms with E-state index in [9.17, 15) is 0 Å². The fraction of sp³-hybridized carbons (Fsp3) is 0.133. The van der Waals surface area contributed by atoms with Crippen LogP contribution in [0.25, 0.3) is 22.0 Å². The second-order valence-electron chi connectivity index (χ2n) is 4.27. The number of H-pyrrole nitrogens is 1. The van der Waals surface area contributed by atoms with Crippen molar-refractivity contribution < 1.29 is 4.84 Å². The van der Waals surface area contributed by atoms with Crippen molar-refractivity contribution in [2.75, 3.05) is 7.11 Å². The van der Waals surface area contributed by atoms with Crippen LogP contribution in [0.2, 0.25) is 0 Å². The number of aromatic nitrogens is 1. The Balaban J connectivity index is 2.18. The molecule has 0 bridgehead atoms. The smallest absolute Gasteiger partial charge is 0.106 e. The minimum atomic E-state index is 0.901. The highest BCUT2D eigenvalue weighted by atomic mass is 32.1. The number of thiophene rings is 1. The summed E-state index contributed by atoms with van der Waals surface area (Å²) in [6.07, 6.45) is 2.05. The predicted molar refractivity (Wildman–Crippen MR) is 80.8 cm³/mol. The zero-order valence-electron chi connectivity index (χ0n) is 10.8. The maximum atomic E-state index is 4.87. The molecule has 0 atom stereocenters. The minimum Gasteiger partial charge on any atom is -0.399 e. The number of rotatable bonds is 3. The van der Waals surface area contributed by atoms with Crippen molar-refractivity contribution >= 4 is 28.0 Å². The van der Waals surface area contributed by atoms with E-state index in [2.05, 4.69) is 46.0 Å². The number of fused-ring (bicyclic) bond motifs is 1. The molecule has 1 aromatic carbocycles. The van der Waals surface area contributed by atoms with E-state index in [1.807, 2.05) is 13.0 Å². The molecule has 0 unspecified atom stereocenters. The zero-order chi connectivity index (χ0) is 13.2. The Morgan fingerprint density at radius 1 is 1.21 bits per heavy atom. The normalized spacial score (nSPS) is 12.0. The Morgan fingerprint density at radius 2 is 2.05 bits per heavy atom. The molecule has 0 radical (unpaired) electrons. The second-order valence-corrected chi connectivity index (χ2v) is 5.19. The lowest BCUT2D eigenvalue weighted by molar-refractivity contribution is 0.213. The molecule has 0 amide bonds. The Bertz CT molecular complexity index is 739. The van der Waals surface area contributed by atoms with Crippen LogP contribution in [0.15, 0.2) is 47.1 Å². The summed E-state index contributed by atoms with van der Waals surface area (Å²) in [5.74, 6) is 0. The summed E-state index contributed by atoms with van der Waals surface area (Å²) in [4.78, 5) is 9.33. The predicted octanol–water partition coefficient (Wildman–Crippen LogP) is 4.27. The number of hydrogen-bond acceptors (Lipinski definition) is 3. The average Bonchev–Trinajstić information content (AvgIpc) is 3.05. The SMILES string of the molecule is CO/N=C(\C)c1sccc1-c1c[nH]c2ccccc12. The van der Waals surface area contributed by atoms with Crippen LogP contribution in [0.4, 0.5) is 0 Å². The molecule has 4 heteroatoms. The molecule has 0 aliphatic rings. The molecule has 19 heavy (non-hydrogen) atoms. The number of oxime groups is 1. The number of nitrogens with one attached hydrogen (secondary N) is 1. The van der Waals surface area contributed by atoms with Gasteiger partial charge >= 0.3 is 0 Å². The molecule has 0 saturated carbocycles. The Kier molecular flexibility index (Phi) is 3.09. The summed E-state index contributed by atoms with van der Waals surface area (Å²) in [5.41, 5.74) is 4.45. The molecule has 0 fully saturated rings. The monoisotopic (exact) mass is 270 g/mol. The lowest BCUT2D eigenvalue weighted by atomic mass is 10.0. The Morgan fingerprint density at radius 3 is 2.89 bits per heavy atom. The molecule has 3 aromatic rings. The fourth-order valence-corrected chi connectivity index (χ4v) is 3.13. The largest absolute Gasteiger partial charge is 0.399 e. The first kappa shape index (κ1) is 12.0. The van der Waals surface area contributed by atoms with E-state index in [0.717, 1.165) is 16.1 Å². The van der Waals surface area contributed by atoms with Crippen molar-refractivity contribution in [1.29, 1.82) is 0 Å². The molecular formula is C15H14N2OS. The summed E-state index contributed by atoms with van der Waals surface area (Å²) < 4.78 is 0. The molecule has 0 spiro atoms. The first-order valence-corrected chi connectivity index (χ1v) is 6.91. The molecule has 1 N–H and O–H groups in total. The Labute approximate surface area is 115 Å². The van der Waals surface area contributed by atoms with Gasteiger partial charge in [-0.05, 0) is 24.4 Å². The van der Waals surface area contributed by atoms with Gasteiger partial charge in [0.2, 0.25) is 0 Å². The van der Waals surface area contributed by atoms with E-state index < -0.39 is 0 Å². The van der Waals surface area contributed by atoms with Crippen molar-refractivity contribution in [1.82, 2.24) is 4.98 Å². The van der Waals surface area contributed by atoms with Crippen LogP contribution >= 0.6 is 11.3 Å². The van der Waals surface area contributed by atoms with Gasteiger partial charge in [0.1, 0.15) is 7.11 Å². The summed E-state index contributed by atoms with van der Waals surface area (Å²) in [5, 5.41) is 7.35. The van der Waals surface area contributed by atoms with Crippen LogP contribution in [0.1, 0.15) is 11.8 Å². The average molecular weight is 270 g/mol. The minimum absolute atomic E-state index is 0.901. The lowest BCUT2D eigenvalue weighted by Crippen LogP contribution is -1.93. The lowest BCUT2D eigenvalue weighted by Gasteiger charge is -2.02. The van der Waals surface area contributed by atoms with E-state index in [0.29, 0.717) is 0 Å². The quantitative estimate of drug-likeness (QED) is 0.560.